The minimum Gasteiger partial charge on any atom is -0.386 e. The Hall–Kier alpha value is -0.930. The molecule has 118 valence electrons. The summed E-state index contributed by atoms with van der Waals surface area (Å²) in [5.74, 6) is -0.273. The van der Waals surface area contributed by atoms with Gasteiger partial charge in [0.25, 0.3) is 0 Å². The maximum atomic E-state index is 14.5. The van der Waals surface area contributed by atoms with Crippen LogP contribution in [0.15, 0.2) is 12.1 Å². The van der Waals surface area contributed by atoms with Crippen LogP contribution in [0.2, 0.25) is 0 Å². The fourth-order valence-electron chi connectivity index (χ4n) is 3.96. The third-order valence-corrected chi connectivity index (χ3v) is 5.22. The van der Waals surface area contributed by atoms with Crippen molar-refractivity contribution in [2.45, 2.75) is 65.0 Å². The topological polar surface area (TPSA) is 23.5 Å². The zero-order valence-corrected chi connectivity index (χ0v) is 13.7. The van der Waals surface area contributed by atoms with Crippen LogP contribution in [-0.4, -0.2) is 28.6 Å². The summed E-state index contributed by atoms with van der Waals surface area (Å²) in [6.07, 6.45) is 3.23. The lowest BCUT2D eigenvalue weighted by Crippen LogP contribution is -2.51. The molecule has 1 heterocycles. The molecule has 0 spiro atoms. The van der Waals surface area contributed by atoms with E-state index in [1.165, 1.54) is 18.9 Å². The van der Waals surface area contributed by atoms with Gasteiger partial charge in [0.1, 0.15) is 11.9 Å². The second-order valence-corrected chi connectivity index (χ2v) is 6.38. The Morgan fingerprint density at radius 1 is 1.19 bits per heavy atom. The number of aryl methyl sites for hydroxylation is 2. The standard InChI is InChI=1S/C18H28FNO/c1-5-18(6-2,20-9-7-8-10-20)17(21)16-14(4)11-13(3)12-15(16)19/h11-12,17,21H,5-10H2,1-4H3. The zero-order valence-electron chi connectivity index (χ0n) is 13.7. The molecular weight excluding hydrogens is 265 g/mol. The summed E-state index contributed by atoms with van der Waals surface area (Å²) in [6, 6.07) is 3.49. The summed E-state index contributed by atoms with van der Waals surface area (Å²) in [5, 5.41) is 11.1. The Morgan fingerprint density at radius 3 is 2.24 bits per heavy atom. The summed E-state index contributed by atoms with van der Waals surface area (Å²) >= 11 is 0. The third kappa shape index (κ3) is 2.86. The molecule has 0 aromatic heterocycles. The maximum Gasteiger partial charge on any atom is 0.129 e. The summed E-state index contributed by atoms with van der Waals surface area (Å²) in [5.41, 5.74) is 1.89. The van der Waals surface area contributed by atoms with Gasteiger partial charge in [-0.15, -0.1) is 0 Å². The molecule has 1 aliphatic heterocycles. The summed E-state index contributed by atoms with van der Waals surface area (Å²) in [4.78, 5) is 2.37. The van der Waals surface area contributed by atoms with Gasteiger partial charge >= 0.3 is 0 Å². The molecule has 1 aliphatic rings. The van der Waals surface area contributed by atoms with Crippen molar-refractivity contribution in [1.29, 1.82) is 0 Å². The van der Waals surface area contributed by atoms with Crippen LogP contribution in [0, 0.1) is 19.7 Å². The molecule has 0 radical (unpaired) electrons. The van der Waals surface area contributed by atoms with E-state index in [1.807, 2.05) is 19.9 Å². The van der Waals surface area contributed by atoms with E-state index in [-0.39, 0.29) is 11.4 Å². The van der Waals surface area contributed by atoms with Crippen molar-refractivity contribution in [3.63, 3.8) is 0 Å². The average molecular weight is 293 g/mol. The predicted molar refractivity (Wildman–Crippen MR) is 85.0 cm³/mol. The minimum absolute atomic E-state index is 0.273. The lowest BCUT2D eigenvalue weighted by atomic mass is 9.79. The first kappa shape index (κ1) is 16.4. The predicted octanol–water partition coefficient (Wildman–Crippen LogP) is 4.13. The second kappa shape index (κ2) is 6.45. The van der Waals surface area contributed by atoms with Crippen molar-refractivity contribution in [3.05, 3.63) is 34.6 Å². The van der Waals surface area contributed by atoms with Crippen LogP contribution in [0.25, 0.3) is 0 Å². The highest BCUT2D eigenvalue weighted by molar-refractivity contribution is 5.35. The number of halogens is 1. The first-order valence-electron chi connectivity index (χ1n) is 8.16. The van der Waals surface area contributed by atoms with Gasteiger partial charge in [0, 0.05) is 5.56 Å². The van der Waals surface area contributed by atoms with Crippen LogP contribution in [0.4, 0.5) is 4.39 Å². The molecule has 1 aromatic carbocycles. The van der Waals surface area contributed by atoms with Gasteiger partial charge in [-0.1, -0.05) is 19.9 Å². The number of hydrogen-bond donors (Lipinski definition) is 1. The first-order valence-corrected chi connectivity index (χ1v) is 8.16. The van der Waals surface area contributed by atoms with E-state index in [9.17, 15) is 9.50 Å². The molecule has 1 unspecified atom stereocenters. The Bertz CT molecular complexity index is 467. The molecule has 1 saturated heterocycles. The molecule has 0 bridgehead atoms. The molecule has 0 amide bonds. The van der Waals surface area contributed by atoms with Crippen LogP contribution in [0.3, 0.4) is 0 Å². The number of aliphatic hydroxyl groups excluding tert-OH is 1. The van der Waals surface area contributed by atoms with Crippen molar-refractivity contribution in [1.82, 2.24) is 4.90 Å². The Morgan fingerprint density at radius 2 is 1.76 bits per heavy atom. The van der Waals surface area contributed by atoms with Crippen LogP contribution in [-0.2, 0) is 0 Å². The molecule has 21 heavy (non-hydrogen) atoms. The number of nitrogens with zero attached hydrogens (tertiary/aromatic N) is 1. The van der Waals surface area contributed by atoms with E-state index in [0.29, 0.717) is 5.56 Å². The zero-order chi connectivity index (χ0) is 15.6. The molecule has 2 rings (SSSR count). The third-order valence-electron chi connectivity index (χ3n) is 5.22. The van der Waals surface area contributed by atoms with Crippen LogP contribution in [0.5, 0.6) is 0 Å². The van der Waals surface area contributed by atoms with Gasteiger partial charge in [0.05, 0.1) is 5.54 Å². The van der Waals surface area contributed by atoms with Gasteiger partial charge in [-0.25, -0.2) is 4.39 Å². The lowest BCUT2D eigenvalue weighted by molar-refractivity contribution is -0.0315. The van der Waals surface area contributed by atoms with E-state index in [4.69, 9.17) is 0 Å². The molecule has 3 heteroatoms. The van der Waals surface area contributed by atoms with Crippen molar-refractivity contribution >= 4 is 0 Å². The summed E-state index contributed by atoms with van der Waals surface area (Å²) < 4.78 is 14.5. The van der Waals surface area contributed by atoms with E-state index in [1.54, 1.807) is 0 Å². The summed E-state index contributed by atoms with van der Waals surface area (Å²) in [6.45, 7) is 10.0. The molecular formula is C18H28FNO. The van der Waals surface area contributed by atoms with Crippen LogP contribution >= 0.6 is 0 Å². The van der Waals surface area contributed by atoms with Gasteiger partial charge in [0.2, 0.25) is 0 Å². The smallest absolute Gasteiger partial charge is 0.129 e. The Labute approximate surface area is 128 Å². The first-order chi connectivity index (χ1) is 9.96. The number of hydrogen-bond acceptors (Lipinski definition) is 2. The maximum absolute atomic E-state index is 14.5. The van der Waals surface area contributed by atoms with E-state index in [2.05, 4.69) is 18.7 Å². The molecule has 0 aliphatic carbocycles. The van der Waals surface area contributed by atoms with Crippen molar-refractivity contribution in [2.24, 2.45) is 0 Å². The fourth-order valence-corrected chi connectivity index (χ4v) is 3.96. The van der Waals surface area contributed by atoms with E-state index in [0.717, 1.165) is 37.1 Å². The number of aliphatic hydroxyl groups is 1. The quantitative estimate of drug-likeness (QED) is 0.882. The van der Waals surface area contributed by atoms with Gasteiger partial charge in [-0.05, 0) is 69.8 Å². The van der Waals surface area contributed by atoms with Gasteiger partial charge in [-0.2, -0.15) is 0 Å². The number of rotatable bonds is 5. The van der Waals surface area contributed by atoms with Crippen molar-refractivity contribution in [2.75, 3.05) is 13.1 Å². The Kier molecular flexibility index (Phi) is 5.05. The minimum atomic E-state index is -0.772. The largest absolute Gasteiger partial charge is 0.386 e. The highest BCUT2D eigenvalue weighted by atomic mass is 19.1. The normalized spacial score (nSPS) is 18.2. The molecule has 0 saturated carbocycles. The average Bonchev–Trinajstić information content (AvgIpc) is 2.94. The summed E-state index contributed by atoms with van der Waals surface area (Å²) in [7, 11) is 0. The number of likely N-dealkylation sites (tertiary alicyclic amines) is 1. The fraction of sp³-hybridized carbons (Fsp3) is 0.667. The van der Waals surface area contributed by atoms with Crippen LogP contribution < -0.4 is 0 Å². The van der Waals surface area contributed by atoms with Gasteiger partial charge in [-0.3, -0.25) is 4.90 Å². The van der Waals surface area contributed by atoms with Gasteiger partial charge in [0.15, 0.2) is 0 Å². The van der Waals surface area contributed by atoms with Crippen molar-refractivity contribution < 1.29 is 9.50 Å². The van der Waals surface area contributed by atoms with E-state index < -0.39 is 6.10 Å². The molecule has 1 atom stereocenters. The Balaban J connectivity index is 2.46. The van der Waals surface area contributed by atoms with E-state index >= 15 is 0 Å². The number of benzene rings is 1. The SMILES string of the molecule is CCC(CC)(C(O)c1c(C)cc(C)cc1F)N1CCCC1. The lowest BCUT2D eigenvalue weighted by Gasteiger charge is -2.45. The van der Waals surface area contributed by atoms with Gasteiger partial charge < -0.3 is 5.11 Å². The molecule has 1 fully saturated rings. The highest BCUT2D eigenvalue weighted by Crippen LogP contribution is 2.41. The van der Waals surface area contributed by atoms with Crippen molar-refractivity contribution in [3.8, 4) is 0 Å². The molecule has 1 N–H and O–H groups in total. The monoisotopic (exact) mass is 293 g/mol. The molecule has 1 aromatic rings. The highest BCUT2D eigenvalue weighted by Gasteiger charge is 2.43. The molecule has 2 nitrogen and oxygen atoms in total. The van der Waals surface area contributed by atoms with Crippen LogP contribution in [0.1, 0.15) is 62.3 Å². The second-order valence-electron chi connectivity index (χ2n) is 6.38.